The van der Waals surface area contributed by atoms with E-state index in [9.17, 15) is 4.79 Å². The summed E-state index contributed by atoms with van der Waals surface area (Å²) >= 11 is 0. The van der Waals surface area contributed by atoms with Gasteiger partial charge in [-0.25, -0.2) is 0 Å². The zero-order valence-corrected chi connectivity index (χ0v) is 9.96. The zero-order chi connectivity index (χ0) is 11.4. The quantitative estimate of drug-likeness (QED) is 0.551. The smallest absolute Gasteiger partial charge is 0.238 e. The topological polar surface area (TPSA) is 56.4 Å². The third-order valence-electron chi connectivity index (χ3n) is 3.42. The van der Waals surface area contributed by atoms with E-state index in [2.05, 4.69) is 27.9 Å². The molecule has 1 unspecified atom stereocenters. The molecule has 1 atom stereocenters. The number of amides is 1. The second-order valence-electron chi connectivity index (χ2n) is 4.80. The molecule has 2 heterocycles. The van der Waals surface area contributed by atoms with Crippen LogP contribution in [0.1, 0.15) is 12.8 Å². The fraction of sp³-hybridized carbons (Fsp3) is 0.909. The fourth-order valence-corrected chi connectivity index (χ4v) is 2.29. The minimum atomic E-state index is -0.0478. The summed E-state index contributed by atoms with van der Waals surface area (Å²) < 4.78 is 0. The van der Waals surface area contributed by atoms with Crippen LogP contribution in [0.4, 0.5) is 0 Å². The molecule has 2 rings (SSSR count). The Morgan fingerprint density at radius 2 is 2.06 bits per heavy atom. The number of carbonyl (C=O) groups excluding carboxylic acids is 1. The average Bonchev–Trinajstić information content (AvgIpc) is 2.33. The van der Waals surface area contributed by atoms with E-state index in [1.807, 2.05) is 0 Å². The number of carbonyl (C=O) groups is 1. The van der Waals surface area contributed by atoms with Gasteiger partial charge >= 0.3 is 0 Å². The molecule has 0 aromatic carbocycles. The van der Waals surface area contributed by atoms with Crippen molar-refractivity contribution in [1.29, 1.82) is 0 Å². The van der Waals surface area contributed by atoms with Crippen LogP contribution in [-0.4, -0.2) is 62.7 Å². The lowest BCUT2D eigenvalue weighted by atomic mass is 10.0. The van der Waals surface area contributed by atoms with E-state index < -0.39 is 0 Å². The Hall–Kier alpha value is -0.650. The van der Waals surface area contributed by atoms with Crippen LogP contribution in [0.25, 0.3) is 0 Å². The summed E-state index contributed by atoms with van der Waals surface area (Å²) in [6, 6.07) is 0.320. The molecule has 0 bridgehead atoms. The molecule has 16 heavy (non-hydrogen) atoms. The molecule has 92 valence electrons. The fourth-order valence-electron chi connectivity index (χ4n) is 2.29. The normalized spacial score (nSPS) is 28.9. The summed E-state index contributed by atoms with van der Waals surface area (Å²) in [6.45, 7) is 4.75. The van der Waals surface area contributed by atoms with Crippen molar-refractivity contribution in [2.45, 2.75) is 24.9 Å². The molecular weight excluding hydrogens is 204 g/mol. The van der Waals surface area contributed by atoms with Crippen LogP contribution in [0, 0.1) is 0 Å². The summed E-state index contributed by atoms with van der Waals surface area (Å²) in [7, 11) is 2.13. The number of piperidine rings is 1. The van der Waals surface area contributed by atoms with Crippen molar-refractivity contribution in [2.75, 3.05) is 39.8 Å². The molecule has 0 saturated carbocycles. The van der Waals surface area contributed by atoms with Gasteiger partial charge in [0.2, 0.25) is 5.91 Å². The van der Waals surface area contributed by atoms with Crippen LogP contribution in [0.3, 0.4) is 0 Å². The molecule has 5 nitrogen and oxygen atoms in total. The first-order valence-corrected chi connectivity index (χ1v) is 6.19. The van der Waals surface area contributed by atoms with Gasteiger partial charge in [-0.15, -0.1) is 0 Å². The molecule has 0 spiro atoms. The molecule has 2 saturated heterocycles. The van der Waals surface area contributed by atoms with E-state index >= 15 is 0 Å². The van der Waals surface area contributed by atoms with Gasteiger partial charge in [-0.1, -0.05) is 0 Å². The lowest BCUT2D eigenvalue weighted by Crippen LogP contribution is -2.57. The highest BCUT2D eigenvalue weighted by Crippen LogP contribution is 2.08. The maximum Gasteiger partial charge on any atom is 0.238 e. The highest BCUT2D eigenvalue weighted by Gasteiger charge is 2.24. The van der Waals surface area contributed by atoms with Crippen LogP contribution in [-0.2, 0) is 4.79 Å². The second-order valence-corrected chi connectivity index (χ2v) is 4.80. The highest BCUT2D eigenvalue weighted by molar-refractivity contribution is 5.82. The molecule has 1 amide bonds. The lowest BCUT2D eigenvalue weighted by Gasteiger charge is -2.31. The molecule has 0 aromatic rings. The first-order valence-electron chi connectivity index (χ1n) is 6.19. The Bertz CT molecular complexity index is 232. The number of likely N-dealkylation sites (tertiary alicyclic amines) is 1. The average molecular weight is 226 g/mol. The number of hydrogen-bond acceptors (Lipinski definition) is 4. The summed E-state index contributed by atoms with van der Waals surface area (Å²) in [5, 5.41) is 9.60. The third-order valence-corrected chi connectivity index (χ3v) is 3.42. The van der Waals surface area contributed by atoms with Gasteiger partial charge in [0.25, 0.3) is 0 Å². The van der Waals surface area contributed by atoms with Crippen molar-refractivity contribution in [3.8, 4) is 0 Å². The Kier molecular flexibility index (Phi) is 4.15. The summed E-state index contributed by atoms with van der Waals surface area (Å²) in [5.41, 5.74) is 0. The molecule has 2 aliphatic rings. The van der Waals surface area contributed by atoms with Crippen LogP contribution in [0.15, 0.2) is 0 Å². The molecule has 3 N–H and O–H groups in total. The van der Waals surface area contributed by atoms with E-state index in [1.165, 1.54) is 0 Å². The lowest BCUT2D eigenvalue weighted by molar-refractivity contribution is -0.124. The summed E-state index contributed by atoms with van der Waals surface area (Å²) in [6.07, 6.45) is 2.14. The Labute approximate surface area is 96.9 Å². The molecule has 0 aromatic heterocycles. The zero-order valence-electron chi connectivity index (χ0n) is 9.96. The van der Waals surface area contributed by atoms with Gasteiger partial charge in [0, 0.05) is 25.7 Å². The molecule has 0 radical (unpaired) electrons. The van der Waals surface area contributed by atoms with Crippen molar-refractivity contribution >= 4 is 5.91 Å². The van der Waals surface area contributed by atoms with Crippen molar-refractivity contribution < 1.29 is 4.79 Å². The summed E-state index contributed by atoms with van der Waals surface area (Å²) in [4.78, 5) is 14.2. The monoisotopic (exact) mass is 226 g/mol. The van der Waals surface area contributed by atoms with Crippen LogP contribution >= 0.6 is 0 Å². The maximum atomic E-state index is 11.9. The van der Waals surface area contributed by atoms with Gasteiger partial charge in [0.1, 0.15) is 0 Å². The van der Waals surface area contributed by atoms with E-state index in [0.29, 0.717) is 6.04 Å². The van der Waals surface area contributed by atoms with Crippen LogP contribution in [0.5, 0.6) is 0 Å². The number of piperazine rings is 1. The van der Waals surface area contributed by atoms with E-state index in [1.54, 1.807) is 0 Å². The standard InChI is InChI=1S/C11H22N4O/c1-15-6-2-9(3-7-15)14-11(16)10-8-12-4-5-13-10/h9-10,12-13H,2-8H2,1H3,(H,14,16). The van der Waals surface area contributed by atoms with Crippen molar-refractivity contribution in [3.63, 3.8) is 0 Å². The Morgan fingerprint density at radius 3 is 2.69 bits per heavy atom. The van der Waals surface area contributed by atoms with E-state index in [0.717, 1.165) is 45.6 Å². The first kappa shape index (κ1) is 11.8. The molecular formula is C11H22N4O. The SMILES string of the molecule is CN1CCC(NC(=O)C2CNCCN2)CC1. The second kappa shape index (κ2) is 5.61. The first-order chi connectivity index (χ1) is 7.75. The largest absolute Gasteiger partial charge is 0.352 e. The predicted molar refractivity (Wildman–Crippen MR) is 63.3 cm³/mol. The molecule has 0 aliphatic carbocycles. The van der Waals surface area contributed by atoms with Gasteiger partial charge in [-0.05, 0) is 33.0 Å². The molecule has 5 heteroatoms. The number of nitrogens with one attached hydrogen (secondary N) is 3. The minimum Gasteiger partial charge on any atom is -0.352 e. The Balaban J connectivity index is 1.73. The van der Waals surface area contributed by atoms with Gasteiger partial charge < -0.3 is 20.9 Å². The molecule has 2 aliphatic heterocycles. The van der Waals surface area contributed by atoms with Gasteiger partial charge in [0.05, 0.1) is 6.04 Å². The van der Waals surface area contributed by atoms with Crippen LogP contribution < -0.4 is 16.0 Å². The Morgan fingerprint density at radius 1 is 1.31 bits per heavy atom. The van der Waals surface area contributed by atoms with E-state index in [4.69, 9.17) is 0 Å². The molecule has 2 fully saturated rings. The van der Waals surface area contributed by atoms with Crippen molar-refractivity contribution in [3.05, 3.63) is 0 Å². The van der Waals surface area contributed by atoms with Crippen molar-refractivity contribution in [2.24, 2.45) is 0 Å². The summed E-state index contributed by atoms with van der Waals surface area (Å²) in [5.74, 6) is 0.154. The highest BCUT2D eigenvalue weighted by atomic mass is 16.2. The number of nitrogens with zero attached hydrogens (tertiary/aromatic N) is 1. The van der Waals surface area contributed by atoms with Gasteiger partial charge in [-0.3, -0.25) is 4.79 Å². The van der Waals surface area contributed by atoms with Gasteiger partial charge in [0.15, 0.2) is 0 Å². The van der Waals surface area contributed by atoms with Crippen LogP contribution in [0.2, 0.25) is 0 Å². The maximum absolute atomic E-state index is 11.9. The van der Waals surface area contributed by atoms with Gasteiger partial charge in [-0.2, -0.15) is 0 Å². The van der Waals surface area contributed by atoms with E-state index in [-0.39, 0.29) is 11.9 Å². The number of hydrogen-bond donors (Lipinski definition) is 3. The minimum absolute atomic E-state index is 0.0478. The number of rotatable bonds is 2. The third kappa shape index (κ3) is 3.17. The predicted octanol–water partition coefficient (Wildman–Crippen LogP) is -1.24. The van der Waals surface area contributed by atoms with Crippen molar-refractivity contribution in [1.82, 2.24) is 20.9 Å².